The molecular formula is C9H19N. The van der Waals surface area contributed by atoms with Gasteiger partial charge < -0.3 is 5.32 Å². The predicted octanol–water partition coefficient (Wildman–Crippen LogP) is 2.34. The third-order valence-corrected chi connectivity index (χ3v) is 1.77. The van der Waals surface area contributed by atoms with E-state index in [2.05, 4.69) is 18.8 Å². The van der Waals surface area contributed by atoms with Crippen LogP contribution < -0.4 is 5.32 Å². The number of unbranched alkanes of at least 4 members (excludes halogenated alkanes) is 1. The molecule has 1 N–H and O–H groups in total. The van der Waals surface area contributed by atoms with E-state index in [1.807, 2.05) is 13.1 Å². The lowest BCUT2D eigenvalue weighted by Crippen LogP contribution is -2.23. The van der Waals surface area contributed by atoms with Crippen LogP contribution in [0.4, 0.5) is 0 Å². The largest absolute Gasteiger partial charge is 0.317 e. The van der Waals surface area contributed by atoms with E-state index in [4.69, 9.17) is 0 Å². The minimum Gasteiger partial charge on any atom is -0.317 e. The van der Waals surface area contributed by atoms with Crippen LogP contribution >= 0.6 is 0 Å². The number of rotatable bonds is 6. The van der Waals surface area contributed by atoms with E-state index >= 15 is 0 Å². The number of hydrogen-bond donors (Lipinski definition) is 1. The molecule has 0 saturated heterocycles. The second-order valence-corrected chi connectivity index (χ2v) is 2.65. The second kappa shape index (κ2) is 6.81. The standard InChI is InChI=1S/C9H19N/c1-4-6-8-9(10-3)7-5-2/h5,9-10H,2,4,6-8H2,1,3H3. The molecule has 0 rings (SSSR count). The van der Waals surface area contributed by atoms with Gasteiger partial charge in [0.15, 0.2) is 0 Å². The Bertz CT molecular complexity index is 78.8. The first kappa shape index (κ1) is 9.70. The Hall–Kier alpha value is -0.300. The Labute approximate surface area is 64.5 Å². The zero-order chi connectivity index (χ0) is 7.82. The average Bonchev–Trinajstić information content (AvgIpc) is 1.98. The van der Waals surface area contributed by atoms with E-state index in [1.54, 1.807) is 0 Å². The molecule has 0 bridgehead atoms. The van der Waals surface area contributed by atoms with Crippen molar-refractivity contribution < 1.29 is 0 Å². The van der Waals surface area contributed by atoms with Gasteiger partial charge in [-0.15, -0.1) is 6.58 Å². The molecule has 0 heterocycles. The van der Waals surface area contributed by atoms with E-state index in [-0.39, 0.29) is 0 Å². The molecule has 0 fully saturated rings. The minimum atomic E-state index is 0.650. The van der Waals surface area contributed by atoms with E-state index in [9.17, 15) is 0 Å². The van der Waals surface area contributed by atoms with Crippen LogP contribution in [0.5, 0.6) is 0 Å². The third-order valence-electron chi connectivity index (χ3n) is 1.77. The van der Waals surface area contributed by atoms with Crippen molar-refractivity contribution in [3.63, 3.8) is 0 Å². The van der Waals surface area contributed by atoms with Gasteiger partial charge in [0.1, 0.15) is 0 Å². The summed E-state index contributed by atoms with van der Waals surface area (Å²) in [5.74, 6) is 0. The average molecular weight is 141 g/mol. The van der Waals surface area contributed by atoms with Gasteiger partial charge in [-0.3, -0.25) is 0 Å². The van der Waals surface area contributed by atoms with Crippen LogP contribution in [0.15, 0.2) is 12.7 Å². The maximum Gasteiger partial charge on any atom is 0.00984 e. The van der Waals surface area contributed by atoms with Crippen molar-refractivity contribution in [2.45, 2.75) is 38.6 Å². The molecule has 0 saturated carbocycles. The van der Waals surface area contributed by atoms with Crippen molar-refractivity contribution in [3.8, 4) is 0 Å². The van der Waals surface area contributed by atoms with Gasteiger partial charge in [0, 0.05) is 6.04 Å². The topological polar surface area (TPSA) is 12.0 Å². The summed E-state index contributed by atoms with van der Waals surface area (Å²) < 4.78 is 0. The SMILES string of the molecule is C=CCC(CCCC)NC. The minimum absolute atomic E-state index is 0.650. The molecule has 0 spiro atoms. The Morgan fingerprint density at radius 3 is 2.70 bits per heavy atom. The van der Waals surface area contributed by atoms with Crippen LogP contribution in [0.25, 0.3) is 0 Å². The van der Waals surface area contributed by atoms with E-state index < -0.39 is 0 Å². The molecule has 0 radical (unpaired) electrons. The molecule has 1 heteroatoms. The van der Waals surface area contributed by atoms with Crippen molar-refractivity contribution >= 4 is 0 Å². The first-order valence-electron chi connectivity index (χ1n) is 4.13. The Kier molecular flexibility index (Phi) is 6.61. The lowest BCUT2D eigenvalue weighted by atomic mass is 10.1. The summed E-state index contributed by atoms with van der Waals surface area (Å²) in [6, 6.07) is 0.650. The predicted molar refractivity (Wildman–Crippen MR) is 47.2 cm³/mol. The molecule has 0 aliphatic rings. The zero-order valence-electron chi connectivity index (χ0n) is 7.19. The fraction of sp³-hybridized carbons (Fsp3) is 0.778. The summed E-state index contributed by atoms with van der Waals surface area (Å²) >= 11 is 0. The fourth-order valence-corrected chi connectivity index (χ4v) is 1.03. The van der Waals surface area contributed by atoms with E-state index in [0.29, 0.717) is 6.04 Å². The lowest BCUT2D eigenvalue weighted by molar-refractivity contribution is 0.506. The normalized spacial score (nSPS) is 13.0. The Morgan fingerprint density at radius 2 is 2.30 bits per heavy atom. The first-order chi connectivity index (χ1) is 4.85. The van der Waals surface area contributed by atoms with Crippen molar-refractivity contribution in [1.29, 1.82) is 0 Å². The molecule has 1 unspecified atom stereocenters. The quantitative estimate of drug-likeness (QED) is 0.560. The molecule has 1 nitrogen and oxygen atoms in total. The van der Waals surface area contributed by atoms with Crippen LogP contribution in [-0.2, 0) is 0 Å². The molecule has 0 amide bonds. The van der Waals surface area contributed by atoms with Crippen LogP contribution in [0, 0.1) is 0 Å². The lowest BCUT2D eigenvalue weighted by Gasteiger charge is -2.12. The third kappa shape index (κ3) is 4.57. The summed E-state index contributed by atoms with van der Waals surface area (Å²) in [5.41, 5.74) is 0. The monoisotopic (exact) mass is 141 g/mol. The van der Waals surface area contributed by atoms with Crippen LogP contribution in [-0.4, -0.2) is 13.1 Å². The summed E-state index contributed by atoms with van der Waals surface area (Å²) in [6.07, 6.45) is 6.96. The molecule has 0 aliphatic heterocycles. The summed E-state index contributed by atoms with van der Waals surface area (Å²) in [7, 11) is 2.02. The highest BCUT2D eigenvalue weighted by Gasteiger charge is 2.00. The Morgan fingerprint density at radius 1 is 1.60 bits per heavy atom. The van der Waals surface area contributed by atoms with Gasteiger partial charge in [0.05, 0.1) is 0 Å². The van der Waals surface area contributed by atoms with Gasteiger partial charge in [0.2, 0.25) is 0 Å². The molecule has 0 aromatic rings. The van der Waals surface area contributed by atoms with Gasteiger partial charge in [0.25, 0.3) is 0 Å². The molecule has 0 aliphatic carbocycles. The van der Waals surface area contributed by atoms with Crippen LogP contribution in [0.2, 0.25) is 0 Å². The summed E-state index contributed by atoms with van der Waals surface area (Å²) in [5, 5.41) is 3.27. The number of nitrogens with one attached hydrogen (secondary N) is 1. The maximum absolute atomic E-state index is 3.72. The van der Waals surface area contributed by atoms with Gasteiger partial charge in [-0.25, -0.2) is 0 Å². The van der Waals surface area contributed by atoms with E-state index in [0.717, 1.165) is 6.42 Å². The molecule has 1 atom stereocenters. The molecular weight excluding hydrogens is 122 g/mol. The highest BCUT2D eigenvalue weighted by molar-refractivity contribution is 4.76. The molecule has 0 aromatic carbocycles. The van der Waals surface area contributed by atoms with Crippen molar-refractivity contribution in [2.75, 3.05) is 7.05 Å². The van der Waals surface area contributed by atoms with Crippen molar-refractivity contribution in [3.05, 3.63) is 12.7 Å². The van der Waals surface area contributed by atoms with Crippen molar-refractivity contribution in [1.82, 2.24) is 5.32 Å². The van der Waals surface area contributed by atoms with Crippen molar-refractivity contribution in [2.24, 2.45) is 0 Å². The smallest absolute Gasteiger partial charge is 0.00984 e. The van der Waals surface area contributed by atoms with E-state index in [1.165, 1.54) is 19.3 Å². The molecule has 10 heavy (non-hydrogen) atoms. The zero-order valence-corrected chi connectivity index (χ0v) is 7.19. The maximum atomic E-state index is 3.72. The second-order valence-electron chi connectivity index (χ2n) is 2.65. The fourth-order valence-electron chi connectivity index (χ4n) is 1.03. The number of hydrogen-bond acceptors (Lipinski definition) is 1. The summed E-state index contributed by atoms with van der Waals surface area (Å²) in [4.78, 5) is 0. The highest BCUT2D eigenvalue weighted by Crippen LogP contribution is 2.03. The van der Waals surface area contributed by atoms with Gasteiger partial charge >= 0.3 is 0 Å². The van der Waals surface area contributed by atoms with Crippen LogP contribution in [0.3, 0.4) is 0 Å². The summed E-state index contributed by atoms with van der Waals surface area (Å²) in [6.45, 7) is 5.94. The Balaban J connectivity index is 3.29. The highest BCUT2D eigenvalue weighted by atomic mass is 14.9. The molecule has 0 aromatic heterocycles. The molecule has 60 valence electrons. The van der Waals surface area contributed by atoms with Gasteiger partial charge in [-0.2, -0.15) is 0 Å². The van der Waals surface area contributed by atoms with Crippen LogP contribution in [0.1, 0.15) is 32.6 Å². The first-order valence-corrected chi connectivity index (χ1v) is 4.13. The van der Waals surface area contributed by atoms with Gasteiger partial charge in [-0.1, -0.05) is 25.8 Å². The van der Waals surface area contributed by atoms with Gasteiger partial charge in [-0.05, 0) is 19.9 Å².